The van der Waals surface area contributed by atoms with Gasteiger partial charge >= 0.3 is 0 Å². The molecule has 1 N–H and O–H groups in total. The molecule has 4 heterocycles. The van der Waals surface area contributed by atoms with Crippen molar-refractivity contribution in [3.05, 3.63) is 18.1 Å². The lowest BCUT2D eigenvalue weighted by Gasteiger charge is -2.25. The first-order valence-corrected chi connectivity index (χ1v) is 8.13. The Morgan fingerprint density at radius 2 is 2.09 bits per heavy atom. The molecule has 2 aromatic heterocycles. The molecule has 0 spiro atoms. The Balaban J connectivity index is 1.66. The Labute approximate surface area is 129 Å². The van der Waals surface area contributed by atoms with E-state index in [4.69, 9.17) is 0 Å². The number of fused-ring (bicyclic) bond motifs is 1. The number of anilines is 1. The summed E-state index contributed by atoms with van der Waals surface area (Å²) in [5.41, 5.74) is 2.82. The van der Waals surface area contributed by atoms with E-state index in [1.807, 2.05) is 0 Å². The van der Waals surface area contributed by atoms with Crippen LogP contribution in [0.15, 0.2) is 12.4 Å². The van der Waals surface area contributed by atoms with Crippen molar-refractivity contribution in [2.75, 3.05) is 31.1 Å². The zero-order valence-electron chi connectivity index (χ0n) is 12.9. The maximum Gasteiger partial charge on any atom is 0.200 e. The van der Waals surface area contributed by atoms with E-state index >= 15 is 0 Å². The molecular weight excluding hydrogens is 280 g/mol. The third-order valence-electron chi connectivity index (χ3n) is 4.87. The van der Waals surface area contributed by atoms with Gasteiger partial charge in [-0.3, -0.25) is 4.90 Å². The van der Waals surface area contributed by atoms with Crippen molar-refractivity contribution in [1.82, 2.24) is 24.7 Å². The zero-order chi connectivity index (χ0) is 15.1. The Bertz CT molecular complexity index is 665. The van der Waals surface area contributed by atoms with Crippen LogP contribution in [0.2, 0.25) is 0 Å². The molecular formula is C15H22N6O. The number of hydrogen-bond donors (Lipinski definition) is 1. The summed E-state index contributed by atoms with van der Waals surface area (Å²) >= 11 is 0. The van der Waals surface area contributed by atoms with E-state index in [2.05, 4.69) is 38.1 Å². The third-order valence-corrected chi connectivity index (χ3v) is 4.87. The lowest BCUT2D eigenvalue weighted by molar-refractivity contribution is 0.0986. The van der Waals surface area contributed by atoms with E-state index in [0.29, 0.717) is 6.54 Å². The number of rotatable bonds is 3. The molecule has 0 bridgehead atoms. The Morgan fingerprint density at radius 3 is 2.86 bits per heavy atom. The van der Waals surface area contributed by atoms with Gasteiger partial charge in [0.2, 0.25) is 5.65 Å². The molecule has 0 aromatic carbocycles. The normalized spacial score (nSPS) is 26.4. The van der Waals surface area contributed by atoms with Gasteiger partial charge < -0.3 is 10.0 Å². The molecule has 2 atom stereocenters. The minimum atomic E-state index is -0.306. The predicted molar refractivity (Wildman–Crippen MR) is 83.0 cm³/mol. The molecule has 0 radical (unpaired) electrons. The molecule has 118 valence electrons. The largest absolute Gasteiger partial charge is 0.390 e. The van der Waals surface area contributed by atoms with Crippen LogP contribution in [-0.4, -0.2) is 68.1 Å². The van der Waals surface area contributed by atoms with E-state index < -0.39 is 0 Å². The van der Waals surface area contributed by atoms with E-state index in [9.17, 15) is 5.11 Å². The molecule has 2 fully saturated rings. The van der Waals surface area contributed by atoms with Gasteiger partial charge in [0.25, 0.3) is 0 Å². The molecule has 0 aliphatic carbocycles. The van der Waals surface area contributed by atoms with Gasteiger partial charge in [-0.15, -0.1) is 10.2 Å². The smallest absolute Gasteiger partial charge is 0.200 e. The minimum Gasteiger partial charge on any atom is -0.390 e. The average Bonchev–Trinajstić information content (AvgIpc) is 3.25. The van der Waals surface area contributed by atoms with E-state index in [1.54, 1.807) is 10.8 Å². The number of aryl methyl sites for hydroxylation is 1. The number of aliphatic hydroxyl groups is 1. The number of hydrogen-bond acceptors (Lipinski definition) is 6. The summed E-state index contributed by atoms with van der Waals surface area (Å²) in [6.45, 7) is 5.79. The Hall–Kier alpha value is -1.73. The second-order valence-corrected chi connectivity index (χ2v) is 6.26. The van der Waals surface area contributed by atoms with Crippen molar-refractivity contribution >= 4 is 11.3 Å². The summed E-state index contributed by atoms with van der Waals surface area (Å²) in [4.78, 5) is 4.66. The van der Waals surface area contributed by atoms with Crippen LogP contribution in [0, 0.1) is 0 Å². The maximum absolute atomic E-state index is 10.5. The lowest BCUT2D eigenvalue weighted by Crippen LogP contribution is -2.41. The van der Waals surface area contributed by atoms with E-state index in [-0.39, 0.29) is 12.1 Å². The number of nitrogens with zero attached hydrogens (tertiary/aromatic N) is 6. The van der Waals surface area contributed by atoms with Gasteiger partial charge in [0.15, 0.2) is 0 Å². The van der Waals surface area contributed by atoms with Crippen molar-refractivity contribution in [2.45, 2.75) is 38.3 Å². The Morgan fingerprint density at radius 1 is 1.27 bits per heavy atom. The van der Waals surface area contributed by atoms with Crippen LogP contribution in [0.3, 0.4) is 0 Å². The number of aliphatic hydroxyl groups excluding tert-OH is 1. The number of β-amino-alcohol motifs (C(OH)–C–C–N with tert-alkyl or cyclic N) is 1. The molecule has 2 saturated heterocycles. The zero-order valence-corrected chi connectivity index (χ0v) is 12.9. The highest BCUT2D eigenvalue weighted by Gasteiger charge is 2.37. The van der Waals surface area contributed by atoms with E-state index in [1.165, 1.54) is 12.8 Å². The number of likely N-dealkylation sites (tertiary alicyclic amines) is 1. The molecule has 0 unspecified atom stereocenters. The van der Waals surface area contributed by atoms with Crippen LogP contribution in [-0.2, 0) is 6.42 Å². The van der Waals surface area contributed by atoms with Crippen molar-refractivity contribution in [3.8, 4) is 0 Å². The second-order valence-electron chi connectivity index (χ2n) is 6.26. The quantitative estimate of drug-likeness (QED) is 0.881. The van der Waals surface area contributed by atoms with Gasteiger partial charge in [-0.2, -0.15) is 9.61 Å². The van der Waals surface area contributed by atoms with Gasteiger partial charge in [0.1, 0.15) is 6.33 Å². The van der Waals surface area contributed by atoms with Crippen molar-refractivity contribution < 1.29 is 5.11 Å². The fourth-order valence-electron chi connectivity index (χ4n) is 3.67. The molecule has 0 amide bonds. The third kappa shape index (κ3) is 2.24. The summed E-state index contributed by atoms with van der Waals surface area (Å²) in [5.74, 6) is 0. The average molecular weight is 302 g/mol. The van der Waals surface area contributed by atoms with Crippen LogP contribution in [0.25, 0.3) is 5.65 Å². The highest BCUT2D eigenvalue weighted by molar-refractivity contribution is 5.69. The van der Waals surface area contributed by atoms with Crippen molar-refractivity contribution in [3.63, 3.8) is 0 Å². The standard InChI is InChI=1S/C15H22N6O/c1-2-11-7-12(15-17-16-10-21(15)18-11)20-8-13(14(22)9-20)19-5-3-4-6-19/h7,10,13-14,22H,2-6,8-9H2,1H3/t13-,14-/m0/s1. The van der Waals surface area contributed by atoms with Gasteiger partial charge in [0, 0.05) is 13.1 Å². The maximum atomic E-state index is 10.5. The summed E-state index contributed by atoms with van der Waals surface area (Å²) in [6, 6.07) is 2.31. The SMILES string of the molecule is CCc1cc(N2C[C@H](O)[C@@H](N3CCCC3)C2)c2nncn2n1. The monoisotopic (exact) mass is 302 g/mol. The molecule has 2 aromatic rings. The highest BCUT2D eigenvalue weighted by Crippen LogP contribution is 2.28. The minimum absolute atomic E-state index is 0.226. The first-order valence-electron chi connectivity index (χ1n) is 8.13. The fraction of sp³-hybridized carbons (Fsp3) is 0.667. The summed E-state index contributed by atoms with van der Waals surface area (Å²) in [5, 5.41) is 23.2. The van der Waals surface area contributed by atoms with Gasteiger partial charge in [-0.1, -0.05) is 6.92 Å². The van der Waals surface area contributed by atoms with Crippen LogP contribution >= 0.6 is 0 Å². The lowest BCUT2D eigenvalue weighted by atomic mass is 10.2. The first kappa shape index (κ1) is 13.9. The van der Waals surface area contributed by atoms with Crippen LogP contribution in [0.1, 0.15) is 25.5 Å². The molecule has 7 nitrogen and oxygen atoms in total. The van der Waals surface area contributed by atoms with Crippen molar-refractivity contribution in [2.24, 2.45) is 0 Å². The molecule has 2 aliphatic rings. The Kier molecular flexibility index (Phi) is 3.46. The predicted octanol–water partition coefficient (Wildman–Crippen LogP) is 0.332. The summed E-state index contributed by atoms with van der Waals surface area (Å²) in [6.07, 6.45) is 4.69. The van der Waals surface area contributed by atoms with Gasteiger partial charge in [0.05, 0.1) is 23.5 Å². The van der Waals surface area contributed by atoms with Crippen LogP contribution in [0.4, 0.5) is 5.69 Å². The molecule has 22 heavy (non-hydrogen) atoms. The summed E-state index contributed by atoms with van der Waals surface area (Å²) in [7, 11) is 0. The fourth-order valence-corrected chi connectivity index (χ4v) is 3.67. The van der Waals surface area contributed by atoms with Gasteiger partial charge in [-0.25, -0.2) is 0 Å². The van der Waals surface area contributed by atoms with E-state index in [0.717, 1.165) is 43.1 Å². The highest BCUT2D eigenvalue weighted by atomic mass is 16.3. The number of aromatic nitrogens is 4. The molecule has 4 rings (SSSR count). The van der Waals surface area contributed by atoms with Crippen molar-refractivity contribution in [1.29, 1.82) is 0 Å². The second kappa shape index (κ2) is 5.48. The van der Waals surface area contributed by atoms with Crippen LogP contribution in [0.5, 0.6) is 0 Å². The molecule has 2 aliphatic heterocycles. The topological polar surface area (TPSA) is 69.8 Å². The summed E-state index contributed by atoms with van der Waals surface area (Å²) < 4.78 is 1.74. The van der Waals surface area contributed by atoms with Gasteiger partial charge in [-0.05, 0) is 38.4 Å². The van der Waals surface area contributed by atoms with Crippen LogP contribution < -0.4 is 4.90 Å². The first-order chi connectivity index (χ1) is 10.8. The molecule has 0 saturated carbocycles. The molecule has 7 heteroatoms.